The van der Waals surface area contributed by atoms with Crippen LogP contribution in [0.1, 0.15) is 45.3 Å². The third-order valence-electron chi connectivity index (χ3n) is 4.88. The molecule has 1 aromatic heterocycles. The molecular weight excluding hydrogens is 314 g/mol. The second kappa shape index (κ2) is 7.55. The Balaban J connectivity index is 1.70. The van der Waals surface area contributed by atoms with E-state index in [2.05, 4.69) is 11.9 Å². The van der Waals surface area contributed by atoms with Gasteiger partial charge in [-0.1, -0.05) is 25.1 Å². The van der Waals surface area contributed by atoms with Crippen molar-refractivity contribution in [2.75, 3.05) is 26.2 Å². The highest BCUT2D eigenvalue weighted by Gasteiger charge is 2.25. The van der Waals surface area contributed by atoms with Gasteiger partial charge in [-0.2, -0.15) is 0 Å². The van der Waals surface area contributed by atoms with Crippen molar-refractivity contribution in [2.45, 2.75) is 26.7 Å². The predicted molar refractivity (Wildman–Crippen MR) is 97.8 cm³/mol. The highest BCUT2D eigenvalue weighted by atomic mass is 16.2. The van der Waals surface area contributed by atoms with Crippen molar-refractivity contribution in [1.29, 1.82) is 0 Å². The molecule has 3 rings (SSSR count). The number of nitrogens with zero attached hydrogens (tertiary/aromatic N) is 2. The molecule has 1 fully saturated rings. The summed E-state index contributed by atoms with van der Waals surface area (Å²) < 4.78 is 0. The molecular formula is C20H25N3O2. The predicted octanol–water partition coefficient (Wildman–Crippen LogP) is 2.87. The summed E-state index contributed by atoms with van der Waals surface area (Å²) in [5.74, 6) is 0.117. The minimum Gasteiger partial charge on any atom is -0.365 e. The zero-order valence-electron chi connectivity index (χ0n) is 14.9. The lowest BCUT2D eigenvalue weighted by Gasteiger charge is -2.23. The Kier molecular flexibility index (Phi) is 5.22. The van der Waals surface area contributed by atoms with Crippen LogP contribution < -0.4 is 0 Å². The minimum absolute atomic E-state index is 0.0435. The number of carbonyl (C=O) groups excluding carboxylic acids is 2. The number of nitrogens with one attached hydrogen (secondary N) is 1. The quantitative estimate of drug-likeness (QED) is 0.935. The Bertz CT molecular complexity index is 766. The van der Waals surface area contributed by atoms with Crippen molar-refractivity contribution in [1.82, 2.24) is 14.8 Å². The number of amides is 2. The summed E-state index contributed by atoms with van der Waals surface area (Å²) in [4.78, 5) is 32.4. The van der Waals surface area contributed by atoms with Gasteiger partial charge in [0.25, 0.3) is 11.8 Å². The molecule has 0 unspecified atom stereocenters. The first-order valence-corrected chi connectivity index (χ1v) is 8.92. The van der Waals surface area contributed by atoms with Crippen molar-refractivity contribution in [2.24, 2.45) is 0 Å². The summed E-state index contributed by atoms with van der Waals surface area (Å²) in [6, 6.07) is 9.61. The third kappa shape index (κ3) is 3.60. The topological polar surface area (TPSA) is 56.4 Å². The van der Waals surface area contributed by atoms with Crippen LogP contribution in [0.2, 0.25) is 0 Å². The van der Waals surface area contributed by atoms with Crippen LogP contribution in [0.4, 0.5) is 0 Å². The molecule has 1 aliphatic heterocycles. The molecule has 0 saturated carbocycles. The zero-order valence-corrected chi connectivity index (χ0v) is 14.9. The maximum absolute atomic E-state index is 12.9. The lowest BCUT2D eigenvalue weighted by atomic mass is 10.0. The Morgan fingerprint density at radius 3 is 2.20 bits per heavy atom. The molecule has 1 saturated heterocycles. The van der Waals surface area contributed by atoms with E-state index in [1.165, 1.54) is 0 Å². The molecule has 1 aliphatic rings. The Hall–Kier alpha value is -2.56. The van der Waals surface area contributed by atoms with Gasteiger partial charge in [-0.25, -0.2) is 0 Å². The number of rotatable bonds is 3. The molecule has 2 aromatic rings. The summed E-state index contributed by atoms with van der Waals surface area (Å²) in [5.41, 5.74) is 3.47. The molecule has 132 valence electrons. The monoisotopic (exact) mass is 339 g/mol. The number of carbonyl (C=O) groups is 2. The van der Waals surface area contributed by atoms with Crippen LogP contribution in [0, 0.1) is 6.92 Å². The molecule has 5 nitrogen and oxygen atoms in total. The number of H-pyrrole nitrogens is 1. The molecule has 0 aliphatic carbocycles. The lowest BCUT2D eigenvalue weighted by molar-refractivity contribution is 0.0718. The van der Waals surface area contributed by atoms with Gasteiger partial charge in [0.15, 0.2) is 0 Å². The van der Waals surface area contributed by atoms with E-state index in [1.807, 2.05) is 47.1 Å². The van der Waals surface area contributed by atoms with E-state index in [9.17, 15) is 9.59 Å². The van der Waals surface area contributed by atoms with Gasteiger partial charge >= 0.3 is 0 Å². The van der Waals surface area contributed by atoms with E-state index in [0.29, 0.717) is 26.2 Å². The Morgan fingerprint density at radius 2 is 1.60 bits per heavy atom. The minimum atomic E-state index is 0.0435. The number of hydrogen-bond acceptors (Lipinski definition) is 2. The van der Waals surface area contributed by atoms with Gasteiger partial charge in [-0.05, 0) is 37.5 Å². The average molecular weight is 339 g/mol. The molecule has 2 heterocycles. The molecule has 0 radical (unpaired) electrons. The summed E-state index contributed by atoms with van der Waals surface area (Å²) in [7, 11) is 0. The van der Waals surface area contributed by atoms with Gasteiger partial charge in [0.1, 0.15) is 0 Å². The normalized spacial score (nSPS) is 15.1. The SMILES string of the molecule is CCc1ccccc1C(=O)N1CCCN(C(=O)c2cc[nH]c2C)CC1. The van der Waals surface area contributed by atoms with E-state index >= 15 is 0 Å². The zero-order chi connectivity index (χ0) is 17.8. The average Bonchev–Trinajstić information content (AvgIpc) is 2.92. The Morgan fingerprint density at radius 1 is 0.960 bits per heavy atom. The fourth-order valence-corrected chi connectivity index (χ4v) is 3.39. The van der Waals surface area contributed by atoms with Crippen LogP contribution in [0.25, 0.3) is 0 Å². The largest absolute Gasteiger partial charge is 0.365 e. The van der Waals surface area contributed by atoms with Crippen LogP contribution in [0.5, 0.6) is 0 Å². The van der Waals surface area contributed by atoms with Gasteiger partial charge in [-0.15, -0.1) is 0 Å². The van der Waals surface area contributed by atoms with Gasteiger partial charge in [0.2, 0.25) is 0 Å². The van der Waals surface area contributed by atoms with Crippen LogP contribution in [-0.4, -0.2) is 52.8 Å². The first-order chi connectivity index (χ1) is 12.1. The summed E-state index contributed by atoms with van der Waals surface area (Å²) in [6.45, 7) is 6.49. The van der Waals surface area contributed by atoms with E-state index in [-0.39, 0.29) is 11.8 Å². The smallest absolute Gasteiger partial charge is 0.255 e. The van der Waals surface area contributed by atoms with Crippen molar-refractivity contribution in [3.8, 4) is 0 Å². The van der Waals surface area contributed by atoms with E-state index in [1.54, 1.807) is 6.20 Å². The number of aryl methyl sites for hydroxylation is 2. The van der Waals surface area contributed by atoms with Crippen molar-refractivity contribution in [3.05, 3.63) is 58.9 Å². The van der Waals surface area contributed by atoms with Gasteiger partial charge in [0, 0.05) is 43.6 Å². The molecule has 0 spiro atoms. The highest BCUT2D eigenvalue weighted by Crippen LogP contribution is 2.16. The molecule has 25 heavy (non-hydrogen) atoms. The van der Waals surface area contributed by atoms with Crippen LogP contribution in [0.15, 0.2) is 36.5 Å². The third-order valence-corrected chi connectivity index (χ3v) is 4.88. The standard InChI is InChI=1S/C20H25N3O2/c1-3-16-7-4-5-8-18(16)20(25)23-12-6-11-22(13-14-23)19(24)17-9-10-21-15(17)2/h4-5,7-10,21H,3,6,11-14H2,1-2H3. The molecule has 0 bridgehead atoms. The Labute approximate surface area is 148 Å². The van der Waals surface area contributed by atoms with Crippen LogP contribution in [-0.2, 0) is 6.42 Å². The summed E-state index contributed by atoms with van der Waals surface area (Å²) >= 11 is 0. The molecule has 5 heteroatoms. The summed E-state index contributed by atoms with van der Waals surface area (Å²) in [5, 5.41) is 0. The van der Waals surface area contributed by atoms with Gasteiger partial charge in [0.05, 0.1) is 5.56 Å². The maximum Gasteiger partial charge on any atom is 0.255 e. The molecule has 2 amide bonds. The van der Waals surface area contributed by atoms with Crippen molar-refractivity contribution < 1.29 is 9.59 Å². The lowest BCUT2D eigenvalue weighted by Crippen LogP contribution is -2.37. The van der Waals surface area contributed by atoms with E-state index in [0.717, 1.165) is 35.2 Å². The van der Waals surface area contributed by atoms with Gasteiger partial charge in [-0.3, -0.25) is 9.59 Å². The number of aromatic amines is 1. The van der Waals surface area contributed by atoms with Gasteiger partial charge < -0.3 is 14.8 Å². The van der Waals surface area contributed by atoms with E-state index < -0.39 is 0 Å². The first-order valence-electron chi connectivity index (χ1n) is 8.92. The maximum atomic E-state index is 12.9. The fraction of sp³-hybridized carbons (Fsp3) is 0.400. The highest BCUT2D eigenvalue weighted by molar-refractivity contribution is 5.96. The number of benzene rings is 1. The second-order valence-corrected chi connectivity index (χ2v) is 6.47. The summed E-state index contributed by atoms with van der Waals surface area (Å²) in [6.07, 6.45) is 3.43. The van der Waals surface area contributed by atoms with Crippen LogP contribution in [0.3, 0.4) is 0 Å². The van der Waals surface area contributed by atoms with Crippen LogP contribution >= 0.6 is 0 Å². The second-order valence-electron chi connectivity index (χ2n) is 6.47. The number of aromatic nitrogens is 1. The number of hydrogen-bond donors (Lipinski definition) is 1. The first kappa shape index (κ1) is 17.3. The molecule has 1 aromatic carbocycles. The fourth-order valence-electron chi connectivity index (χ4n) is 3.39. The van der Waals surface area contributed by atoms with Crippen molar-refractivity contribution >= 4 is 11.8 Å². The molecule has 1 N–H and O–H groups in total. The van der Waals surface area contributed by atoms with Crippen molar-refractivity contribution in [3.63, 3.8) is 0 Å². The van der Waals surface area contributed by atoms with E-state index in [4.69, 9.17) is 0 Å². The molecule has 0 atom stereocenters.